The number of carbonyl (C=O) groups is 3. The maximum absolute atomic E-state index is 12.9. The van der Waals surface area contributed by atoms with E-state index in [0.29, 0.717) is 16.8 Å². The predicted molar refractivity (Wildman–Crippen MR) is 105 cm³/mol. The van der Waals surface area contributed by atoms with Gasteiger partial charge in [0.25, 0.3) is 5.91 Å². The molecule has 0 aliphatic carbocycles. The van der Waals surface area contributed by atoms with Gasteiger partial charge in [-0.2, -0.15) is 0 Å². The highest BCUT2D eigenvalue weighted by molar-refractivity contribution is 6.12. The molecule has 1 heterocycles. The van der Waals surface area contributed by atoms with E-state index in [1.165, 1.54) is 0 Å². The lowest BCUT2D eigenvalue weighted by molar-refractivity contribution is -0.136. The van der Waals surface area contributed by atoms with Gasteiger partial charge in [0.2, 0.25) is 5.91 Å². The van der Waals surface area contributed by atoms with Crippen molar-refractivity contribution in [3.63, 3.8) is 0 Å². The number of hydrogen-bond donors (Lipinski definition) is 2. The van der Waals surface area contributed by atoms with Crippen LogP contribution in [0.25, 0.3) is 10.8 Å². The molecule has 2 amide bonds. The summed E-state index contributed by atoms with van der Waals surface area (Å²) in [5.41, 5.74) is 4.31. The van der Waals surface area contributed by atoms with E-state index in [0.717, 1.165) is 15.7 Å². The Balaban J connectivity index is 1.70. The Morgan fingerprint density at radius 2 is 1.64 bits per heavy atom. The summed E-state index contributed by atoms with van der Waals surface area (Å²) in [4.78, 5) is 38.3. The van der Waals surface area contributed by atoms with E-state index >= 15 is 0 Å². The first-order valence-corrected chi connectivity index (χ1v) is 8.84. The van der Waals surface area contributed by atoms with E-state index in [1.807, 2.05) is 30.3 Å². The maximum Gasteiger partial charge on any atom is 0.264 e. The number of aliphatic hydroxyl groups is 1. The molecule has 6 heteroatoms. The number of nitrogens with two attached hydrogens (primary N) is 1. The van der Waals surface area contributed by atoms with Crippen molar-refractivity contribution < 1.29 is 19.5 Å². The number of para-hydroxylation sites is 1. The number of nitrogens with zero attached hydrogens (tertiary/aromatic N) is 1. The third kappa shape index (κ3) is 2.84. The van der Waals surface area contributed by atoms with E-state index in [2.05, 4.69) is 0 Å². The number of primary amides is 1. The van der Waals surface area contributed by atoms with Crippen LogP contribution in [-0.4, -0.2) is 29.2 Å². The van der Waals surface area contributed by atoms with E-state index in [-0.39, 0.29) is 12.3 Å². The number of Topliss-reactive ketones (excluding diaryl/α,β-unsaturated/α-hetero) is 1. The summed E-state index contributed by atoms with van der Waals surface area (Å²) in [6, 6.07) is 19.4. The molecule has 0 aromatic heterocycles. The minimum Gasteiger partial charge on any atom is -0.375 e. The standard InChI is InChI=1S/C22H18N2O4/c23-20(26)13-24-18-8-4-3-7-17(18)22(28,21(24)27)12-19(25)16-10-9-14-5-1-2-6-15(14)11-16/h1-11,28H,12-13H2,(H2,23,26)/t22-/m0/s1. The fourth-order valence-electron chi connectivity index (χ4n) is 3.69. The summed E-state index contributed by atoms with van der Waals surface area (Å²) in [5.74, 6) is -1.78. The average Bonchev–Trinajstić information content (AvgIpc) is 2.89. The van der Waals surface area contributed by atoms with Gasteiger partial charge >= 0.3 is 0 Å². The van der Waals surface area contributed by atoms with Crippen LogP contribution in [-0.2, 0) is 15.2 Å². The monoisotopic (exact) mass is 374 g/mol. The molecule has 0 spiro atoms. The molecule has 0 saturated carbocycles. The second-order valence-electron chi connectivity index (χ2n) is 6.90. The molecule has 3 aromatic carbocycles. The SMILES string of the molecule is NC(=O)CN1C(=O)[C@](O)(CC(=O)c2ccc3ccccc3c2)c2ccccc21. The first-order chi connectivity index (χ1) is 13.4. The second kappa shape index (κ2) is 6.58. The Morgan fingerprint density at radius 1 is 0.964 bits per heavy atom. The smallest absolute Gasteiger partial charge is 0.264 e. The zero-order valence-electron chi connectivity index (χ0n) is 15.0. The van der Waals surface area contributed by atoms with E-state index in [1.54, 1.807) is 36.4 Å². The molecule has 0 unspecified atom stereocenters. The van der Waals surface area contributed by atoms with Crippen LogP contribution < -0.4 is 10.6 Å². The van der Waals surface area contributed by atoms with Gasteiger partial charge in [0.15, 0.2) is 11.4 Å². The van der Waals surface area contributed by atoms with Gasteiger partial charge in [0.1, 0.15) is 6.54 Å². The van der Waals surface area contributed by atoms with Gasteiger partial charge < -0.3 is 10.8 Å². The van der Waals surface area contributed by atoms with Crippen molar-refractivity contribution in [1.29, 1.82) is 0 Å². The maximum atomic E-state index is 12.9. The van der Waals surface area contributed by atoms with Gasteiger partial charge in [-0.05, 0) is 22.9 Å². The van der Waals surface area contributed by atoms with Crippen LogP contribution in [0.1, 0.15) is 22.3 Å². The summed E-state index contributed by atoms with van der Waals surface area (Å²) >= 11 is 0. The number of benzene rings is 3. The molecule has 1 atom stereocenters. The minimum absolute atomic E-state index is 0.301. The lowest BCUT2D eigenvalue weighted by Crippen LogP contribution is -2.44. The minimum atomic E-state index is -2.03. The van der Waals surface area contributed by atoms with Crippen LogP contribution in [0.4, 0.5) is 5.69 Å². The number of fused-ring (bicyclic) bond motifs is 2. The molecule has 3 aromatic rings. The summed E-state index contributed by atoms with van der Waals surface area (Å²) in [6.45, 7) is -0.359. The summed E-state index contributed by atoms with van der Waals surface area (Å²) in [6.07, 6.45) is -0.420. The lowest BCUT2D eigenvalue weighted by atomic mass is 9.88. The summed E-state index contributed by atoms with van der Waals surface area (Å²) in [7, 11) is 0. The van der Waals surface area contributed by atoms with Crippen LogP contribution >= 0.6 is 0 Å². The van der Waals surface area contributed by atoms with Crippen molar-refractivity contribution in [2.75, 3.05) is 11.4 Å². The first kappa shape index (κ1) is 17.9. The molecule has 0 bridgehead atoms. The third-order valence-electron chi connectivity index (χ3n) is 5.04. The highest BCUT2D eigenvalue weighted by Crippen LogP contribution is 2.42. The Labute approximate surface area is 161 Å². The van der Waals surface area contributed by atoms with E-state index in [4.69, 9.17) is 5.73 Å². The van der Waals surface area contributed by atoms with E-state index < -0.39 is 23.8 Å². The van der Waals surface area contributed by atoms with Crippen molar-refractivity contribution in [2.24, 2.45) is 5.73 Å². The van der Waals surface area contributed by atoms with Crippen LogP contribution in [0.2, 0.25) is 0 Å². The molecular formula is C22H18N2O4. The zero-order chi connectivity index (χ0) is 19.9. The van der Waals surface area contributed by atoms with Crippen LogP contribution in [0.5, 0.6) is 0 Å². The summed E-state index contributed by atoms with van der Waals surface area (Å²) < 4.78 is 0. The number of rotatable bonds is 5. The Kier molecular flexibility index (Phi) is 4.20. The van der Waals surface area contributed by atoms with Crippen LogP contribution in [0, 0.1) is 0 Å². The normalized spacial score (nSPS) is 18.3. The highest BCUT2D eigenvalue weighted by atomic mass is 16.3. The summed E-state index contributed by atoms with van der Waals surface area (Å²) in [5, 5.41) is 13.1. The molecule has 3 N–H and O–H groups in total. The number of anilines is 1. The quantitative estimate of drug-likeness (QED) is 0.668. The van der Waals surface area contributed by atoms with Gasteiger partial charge in [-0.25, -0.2) is 0 Å². The zero-order valence-corrected chi connectivity index (χ0v) is 15.0. The molecule has 1 aliphatic heterocycles. The Morgan fingerprint density at radius 3 is 2.39 bits per heavy atom. The number of carbonyl (C=O) groups excluding carboxylic acids is 3. The van der Waals surface area contributed by atoms with Crippen molar-refractivity contribution in [3.05, 3.63) is 77.9 Å². The van der Waals surface area contributed by atoms with Gasteiger partial charge in [-0.15, -0.1) is 0 Å². The highest BCUT2D eigenvalue weighted by Gasteiger charge is 2.51. The molecule has 0 saturated heterocycles. The van der Waals surface area contributed by atoms with Crippen molar-refractivity contribution in [3.8, 4) is 0 Å². The average molecular weight is 374 g/mol. The fourth-order valence-corrected chi connectivity index (χ4v) is 3.69. The van der Waals surface area contributed by atoms with Crippen LogP contribution in [0.15, 0.2) is 66.7 Å². The second-order valence-corrected chi connectivity index (χ2v) is 6.90. The first-order valence-electron chi connectivity index (χ1n) is 8.84. The number of ketones is 1. The number of hydrogen-bond acceptors (Lipinski definition) is 4. The van der Waals surface area contributed by atoms with Gasteiger partial charge in [0.05, 0.1) is 12.1 Å². The van der Waals surface area contributed by atoms with Crippen LogP contribution in [0.3, 0.4) is 0 Å². The molecule has 28 heavy (non-hydrogen) atoms. The molecule has 1 aliphatic rings. The number of amides is 2. The molecular weight excluding hydrogens is 356 g/mol. The Hall–Kier alpha value is -3.51. The van der Waals surface area contributed by atoms with Crippen molar-refractivity contribution in [2.45, 2.75) is 12.0 Å². The fraction of sp³-hybridized carbons (Fsp3) is 0.136. The molecule has 0 radical (unpaired) electrons. The molecule has 140 valence electrons. The molecule has 0 fully saturated rings. The van der Waals surface area contributed by atoms with Gasteiger partial charge in [-0.3, -0.25) is 19.3 Å². The third-order valence-corrected chi connectivity index (χ3v) is 5.04. The van der Waals surface area contributed by atoms with E-state index in [9.17, 15) is 19.5 Å². The molecule has 6 nitrogen and oxygen atoms in total. The molecule has 4 rings (SSSR count). The predicted octanol–water partition coefficient (Wildman–Crippen LogP) is 2.13. The van der Waals surface area contributed by atoms with Crippen molar-refractivity contribution >= 4 is 34.1 Å². The van der Waals surface area contributed by atoms with Gasteiger partial charge in [-0.1, -0.05) is 54.6 Å². The largest absolute Gasteiger partial charge is 0.375 e. The lowest BCUT2D eigenvalue weighted by Gasteiger charge is -2.22. The van der Waals surface area contributed by atoms with Gasteiger partial charge in [0, 0.05) is 11.1 Å². The van der Waals surface area contributed by atoms with Crippen molar-refractivity contribution in [1.82, 2.24) is 0 Å². The Bertz CT molecular complexity index is 1120. The topological polar surface area (TPSA) is 101 Å².